The largest absolute Gasteiger partial charge is 0.497 e. The number of carbonyl (C=O) groups is 2. The van der Waals surface area contributed by atoms with Gasteiger partial charge in [-0.1, -0.05) is 18.2 Å². The fourth-order valence-corrected chi connectivity index (χ4v) is 4.41. The Kier molecular flexibility index (Phi) is 5.84. The molecule has 2 aliphatic rings. The number of nitrogens with zero attached hydrogens (tertiary/aromatic N) is 1. The molecule has 5 nitrogen and oxygen atoms in total. The highest BCUT2D eigenvalue weighted by Crippen LogP contribution is 2.25. The van der Waals surface area contributed by atoms with Gasteiger partial charge in [0.25, 0.3) is 0 Å². The van der Waals surface area contributed by atoms with Gasteiger partial charge in [0.15, 0.2) is 0 Å². The summed E-state index contributed by atoms with van der Waals surface area (Å²) in [5, 5.41) is 2.94. The minimum atomic E-state index is -0.401. The number of amides is 2. The van der Waals surface area contributed by atoms with Crippen LogP contribution in [0.4, 0.5) is 5.69 Å². The molecule has 2 aromatic carbocycles. The Morgan fingerprint density at radius 1 is 1.03 bits per heavy atom. The number of anilines is 1. The first-order chi connectivity index (χ1) is 14.1. The Balaban J connectivity index is 1.40. The summed E-state index contributed by atoms with van der Waals surface area (Å²) in [6, 6.07) is 13.3. The van der Waals surface area contributed by atoms with Gasteiger partial charge in [0, 0.05) is 12.2 Å². The van der Waals surface area contributed by atoms with E-state index >= 15 is 0 Å². The summed E-state index contributed by atoms with van der Waals surface area (Å²) in [4.78, 5) is 27.5. The van der Waals surface area contributed by atoms with E-state index in [-0.39, 0.29) is 11.8 Å². The lowest BCUT2D eigenvalue weighted by atomic mass is 9.90. The summed E-state index contributed by atoms with van der Waals surface area (Å²) in [5.41, 5.74) is 4.57. The third kappa shape index (κ3) is 4.44. The molecule has 0 aromatic heterocycles. The molecule has 0 spiro atoms. The third-order valence-corrected chi connectivity index (χ3v) is 6.00. The normalized spacial score (nSPS) is 18.2. The number of methoxy groups -OCH3 is 1. The van der Waals surface area contributed by atoms with Crippen molar-refractivity contribution in [2.45, 2.75) is 51.0 Å². The molecule has 1 fully saturated rings. The SMILES string of the molecule is COc1ccc(NC(=O)C2CCCN2C(=O)Cc2ccc3c(c2)CCCC3)cc1. The lowest BCUT2D eigenvalue weighted by molar-refractivity contribution is -0.136. The van der Waals surface area contributed by atoms with Gasteiger partial charge in [0.2, 0.25) is 11.8 Å². The lowest BCUT2D eigenvalue weighted by Crippen LogP contribution is -2.43. The van der Waals surface area contributed by atoms with E-state index in [1.54, 1.807) is 12.0 Å². The predicted octanol–water partition coefficient (Wildman–Crippen LogP) is 3.75. The van der Waals surface area contributed by atoms with Crippen LogP contribution in [0, 0.1) is 0 Å². The first-order valence-corrected chi connectivity index (χ1v) is 10.5. The van der Waals surface area contributed by atoms with E-state index in [2.05, 4.69) is 23.5 Å². The highest BCUT2D eigenvalue weighted by Gasteiger charge is 2.34. The number of hydrogen-bond donors (Lipinski definition) is 1. The monoisotopic (exact) mass is 392 g/mol. The van der Waals surface area contributed by atoms with E-state index in [9.17, 15) is 9.59 Å². The number of aryl methyl sites for hydroxylation is 2. The van der Waals surface area contributed by atoms with Crippen molar-refractivity contribution in [3.05, 3.63) is 59.2 Å². The van der Waals surface area contributed by atoms with Crippen molar-refractivity contribution >= 4 is 17.5 Å². The third-order valence-electron chi connectivity index (χ3n) is 6.00. The van der Waals surface area contributed by atoms with Crippen molar-refractivity contribution in [2.75, 3.05) is 19.0 Å². The smallest absolute Gasteiger partial charge is 0.247 e. The minimum absolute atomic E-state index is 0.0353. The molecular formula is C24H28N2O3. The molecule has 0 saturated carbocycles. The van der Waals surface area contributed by atoms with Gasteiger partial charge in [0.05, 0.1) is 13.5 Å². The highest BCUT2D eigenvalue weighted by atomic mass is 16.5. The average molecular weight is 392 g/mol. The Morgan fingerprint density at radius 3 is 2.55 bits per heavy atom. The van der Waals surface area contributed by atoms with Crippen LogP contribution in [0.15, 0.2) is 42.5 Å². The van der Waals surface area contributed by atoms with Crippen molar-refractivity contribution in [1.29, 1.82) is 0 Å². The second-order valence-electron chi connectivity index (χ2n) is 7.95. The molecule has 1 saturated heterocycles. The molecular weight excluding hydrogens is 364 g/mol. The van der Waals surface area contributed by atoms with Gasteiger partial charge < -0.3 is 15.0 Å². The molecule has 29 heavy (non-hydrogen) atoms. The average Bonchev–Trinajstić information content (AvgIpc) is 3.24. The van der Waals surface area contributed by atoms with E-state index in [1.165, 1.54) is 24.0 Å². The molecule has 1 heterocycles. The summed E-state index contributed by atoms with van der Waals surface area (Å²) in [6.45, 7) is 0.643. The Bertz CT molecular complexity index is 891. The first kappa shape index (κ1) is 19.5. The van der Waals surface area contributed by atoms with E-state index in [4.69, 9.17) is 4.74 Å². The van der Waals surface area contributed by atoms with Crippen LogP contribution in [0.2, 0.25) is 0 Å². The summed E-state index contributed by atoms with van der Waals surface area (Å²) in [7, 11) is 1.61. The summed E-state index contributed by atoms with van der Waals surface area (Å²) >= 11 is 0. The van der Waals surface area contributed by atoms with Crippen LogP contribution in [0.25, 0.3) is 0 Å². The fraction of sp³-hybridized carbons (Fsp3) is 0.417. The molecule has 1 aliphatic heterocycles. The molecule has 5 heteroatoms. The topological polar surface area (TPSA) is 58.6 Å². The van der Waals surface area contributed by atoms with Crippen LogP contribution in [0.3, 0.4) is 0 Å². The molecule has 1 unspecified atom stereocenters. The molecule has 2 amide bonds. The summed E-state index contributed by atoms with van der Waals surface area (Å²) in [5.74, 6) is 0.658. The minimum Gasteiger partial charge on any atom is -0.497 e. The maximum Gasteiger partial charge on any atom is 0.247 e. The number of hydrogen-bond acceptors (Lipinski definition) is 3. The maximum absolute atomic E-state index is 13.0. The van der Waals surface area contributed by atoms with Crippen molar-refractivity contribution in [3.63, 3.8) is 0 Å². The number of ether oxygens (including phenoxy) is 1. The molecule has 4 rings (SSSR count). The number of fused-ring (bicyclic) bond motifs is 1. The van der Waals surface area contributed by atoms with Crippen molar-refractivity contribution in [2.24, 2.45) is 0 Å². The van der Waals surface area contributed by atoms with Gasteiger partial charge in [-0.3, -0.25) is 9.59 Å². The van der Waals surface area contributed by atoms with Gasteiger partial charge in [-0.05, 0) is 79.5 Å². The molecule has 2 aromatic rings. The van der Waals surface area contributed by atoms with Gasteiger partial charge in [-0.25, -0.2) is 0 Å². The number of benzene rings is 2. The van der Waals surface area contributed by atoms with Crippen LogP contribution in [0.5, 0.6) is 5.75 Å². The van der Waals surface area contributed by atoms with Gasteiger partial charge in [0.1, 0.15) is 11.8 Å². The fourth-order valence-electron chi connectivity index (χ4n) is 4.41. The molecule has 152 valence electrons. The van der Waals surface area contributed by atoms with Crippen molar-refractivity contribution in [1.82, 2.24) is 4.90 Å². The zero-order valence-electron chi connectivity index (χ0n) is 16.9. The van der Waals surface area contributed by atoms with Gasteiger partial charge in [-0.2, -0.15) is 0 Å². The van der Waals surface area contributed by atoms with E-state index in [0.29, 0.717) is 25.1 Å². The molecule has 1 aliphatic carbocycles. The Labute approximate surface area is 172 Å². The van der Waals surface area contributed by atoms with Crippen LogP contribution in [-0.4, -0.2) is 36.4 Å². The first-order valence-electron chi connectivity index (χ1n) is 10.5. The van der Waals surface area contributed by atoms with Gasteiger partial charge in [-0.15, -0.1) is 0 Å². The summed E-state index contributed by atoms with van der Waals surface area (Å²) in [6.07, 6.45) is 6.65. The molecule has 1 atom stereocenters. The second-order valence-corrected chi connectivity index (χ2v) is 7.95. The second kappa shape index (κ2) is 8.68. The standard InChI is InChI=1S/C24H28N2O3/c1-29-21-12-10-20(11-13-21)25-24(28)22-7-4-14-26(22)23(27)16-17-8-9-18-5-2-3-6-19(18)15-17/h8-13,15,22H,2-7,14,16H2,1H3,(H,25,28). The van der Waals surface area contributed by atoms with E-state index in [0.717, 1.165) is 30.6 Å². The molecule has 1 N–H and O–H groups in total. The Hall–Kier alpha value is -2.82. The highest BCUT2D eigenvalue weighted by molar-refractivity contribution is 5.97. The predicted molar refractivity (Wildman–Crippen MR) is 113 cm³/mol. The van der Waals surface area contributed by atoms with E-state index < -0.39 is 6.04 Å². The molecule has 0 bridgehead atoms. The summed E-state index contributed by atoms with van der Waals surface area (Å²) < 4.78 is 5.15. The molecule has 0 radical (unpaired) electrons. The zero-order valence-corrected chi connectivity index (χ0v) is 16.9. The Morgan fingerprint density at radius 2 is 1.79 bits per heavy atom. The number of rotatable bonds is 5. The van der Waals surface area contributed by atoms with Crippen LogP contribution < -0.4 is 10.1 Å². The van der Waals surface area contributed by atoms with E-state index in [1.807, 2.05) is 24.3 Å². The zero-order chi connectivity index (χ0) is 20.2. The van der Waals surface area contributed by atoms with Crippen LogP contribution >= 0.6 is 0 Å². The lowest BCUT2D eigenvalue weighted by Gasteiger charge is -2.24. The van der Waals surface area contributed by atoms with Crippen LogP contribution in [-0.2, 0) is 28.9 Å². The number of likely N-dealkylation sites (tertiary alicyclic amines) is 1. The number of carbonyl (C=O) groups excluding carboxylic acids is 2. The van der Waals surface area contributed by atoms with Crippen molar-refractivity contribution in [3.8, 4) is 5.75 Å². The number of nitrogens with one attached hydrogen (secondary N) is 1. The maximum atomic E-state index is 13.0. The van der Waals surface area contributed by atoms with Crippen molar-refractivity contribution < 1.29 is 14.3 Å². The van der Waals surface area contributed by atoms with Gasteiger partial charge >= 0.3 is 0 Å². The quantitative estimate of drug-likeness (QED) is 0.843. The van der Waals surface area contributed by atoms with Crippen LogP contribution in [0.1, 0.15) is 42.4 Å².